The van der Waals surface area contributed by atoms with Crippen LogP contribution in [0.4, 0.5) is 0 Å². The smallest absolute Gasteiger partial charge is 0.338 e. The fourth-order valence-electron chi connectivity index (χ4n) is 4.94. The maximum Gasteiger partial charge on any atom is 0.338 e. The van der Waals surface area contributed by atoms with E-state index in [0.717, 1.165) is 36.3 Å². The number of ether oxygens (including phenoxy) is 3. The number of para-hydroxylation sites is 1. The van der Waals surface area contributed by atoms with Gasteiger partial charge in [-0.15, -0.1) is 0 Å². The van der Waals surface area contributed by atoms with Crippen molar-refractivity contribution in [2.24, 2.45) is 4.99 Å². The predicted molar refractivity (Wildman–Crippen MR) is 147 cm³/mol. The molecular weight excluding hydrogens is 502 g/mol. The third kappa shape index (κ3) is 5.35. The fraction of sp³-hybridized carbons (Fsp3) is 0.345. The van der Waals surface area contributed by atoms with E-state index in [1.807, 2.05) is 64.9 Å². The third-order valence-electron chi connectivity index (χ3n) is 6.68. The molecule has 3 aliphatic rings. The van der Waals surface area contributed by atoms with Gasteiger partial charge in [0.15, 0.2) is 5.17 Å². The number of carbonyl (C=O) groups is 2. The highest BCUT2D eigenvalue weighted by Gasteiger charge is 2.43. The van der Waals surface area contributed by atoms with Crippen molar-refractivity contribution >= 4 is 34.5 Å². The Bertz CT molecular complexity index is 1280. The molecule has 0 unspecified atom stereocenters. The van der Waals surface area contributed by atoms with Gasteiger partial charge in [-0.25, -0.2) is 9.79 Å². The van der Waals surface area contributed by atoms with E-state index in [9.17, 15) is 9.59 Å². The van der Waals surface area contributed by atoms with E-state index >= 15 is 0 Å². The van der Waals surface area contributed by atoms with Gasteiger partial charge >= 0.3 is 5.97 Å². The van der Waals surface area contributed by atoms with Gasteiger partial charge in [0.25, 0.3) is 0 Å². The number of aliphatic imine (C=N–C) groups is 1. The van der Waals surface area contributed by atoms with Crippen LogP contribution in [0.2, 0.25) is 0 Å². The summed E-state index contributed by atoms with van der Waals surface area (Å²) >= 11 is 1.44. The molecule has 1 fully saturated rings. The van der Waals surface area contributed by atoms with Crippen molar-refractivity contribution in [3.8, 4) is 5.75 Å². The van der Waals surface area contributed by atoms with Crippen LogP contribution in [0.5, 0.6) is 5.75 Å². The molecule has 0 saturated carbocycles. The summed E-state index contributed by atoms with van der Waals surface area (Å²) in [4.78, 5) is 33.5. The van der Waals surface area contributed by atoms with Gasteiger partial charge < -0.3 is 24.4 Å². The van der Waals surface area contributed by atoms with Crippen LogP contribution < -0.4 is 10.1 Å². The van der Waals surface area contributed by atoms with Gasteiger partial charge in [0, 0.05) is 30.0 Å². The summed E-state index contributed by atoms with van der Waals surface area (Å²) in [6.45, 7) is 3.24. The first kappa shape index (κ1) is 26.1. The van der Waals surface area contributed by atoms with Crippen LogP contribution in [0.3, 0.4) is 0 Å². The maximum atomic E-state index is 13.6. The summed E-state index contributed by atoms with van der Waals surface area (Å²) in [6, 6.07) is 16.6. The molecule has 1 amide bonds. The largest absolute Gasteiger partial charge is 0.496 e. The highest BCUT2D eigenvalue weighted by molar-refractivity contribution is 8.16. The number of benzene rings is 2. The Morgan fingerprint density at radius 2 is 1.95 bits per heavy atom. The molecule has 5 rings (SSSR count). The summed E-state index contributed by atoms with van der Waals surface area (Å²) in [6.07, 6.45) is 2.17. The van der Waals surface area contributed by atoms with Crippen LogP contribution >= 0.6 is 11.8 Å². The average molecular weight is 534 g/mol. The normalized spacial score (nSPS) is 20.5. The Morgan fingerprint density at radius 1 is 1.16 bits per heavy atom. The zero-order chi connectivity index (χ0) is 26.5. The third-order valence-corrected chi connectivity index (χ3v) is 7.57. The number of esters is 1. The second-order valence-electron chi connectivity index (χ2n) is 9.10. The SMILES string of the molecule is CCOC(=O)C1=C(c2ccccc2)N=C2SC=C(CC(=O)NC[C@H]3CCCO3)N2[C@@H]1c1ccccc1OC. The Hall–Kier alpha value is -3.56. The van der Waals surface area contributed by atoms with E-state index in [2.05, 4.69) is 5.32 Å². The molecule has 0 aromatic heterocycles. The molecule has 3 heterocycles. The summed E-state index contributed by atoms with van der Waals surface area (Å²) in [7, 11) is 1.61. The minimum absolute atomic E-state index is 0.0612. The maximum absolute atomic E-state index is 13.6. The molecule has 0 aliphatic carbocycles. The van der Waals surface area contributed by atoms with Gasteiger partial charge in [0.05, 0.1) is 43.6 Å². The molecule has 1 saturated heterocycles. The molecule has 3 aliphatic heterocycles. The first-order chi connectivity index (χ1) is 18.6. The zero-order valence-electron chi connectivity index (χ0n) is 21.5. The first-order valence-electron chi connectivity index (χ1n) is 12.8. The van der Waals surface area contributed by atoms with Crippen LogP contribution in [-0.4, -0.2) is 54.9 Å². The van der Waals surface area contributed by atoms with Crippen LogP contribution in [-0.2, 0) is 19.1 Å². The summed E-state index contributed by atoms with van der Waals surface area (Å²) in [5.74, 6) is 0.0686. The lowest BCUT2D eigenvalue weighted by atomic mass is 9.91. The molecule has 0 radical (unpaired) electrons. The molecule has 8 nitrogen and oxygen atoms in total. The first-order valence-corrected chi connectivity index (χ1v) is 13.7. The zero-order valence-corrected chi connectivity index (χ0v) is 22.3. The van der Waals surface area contributed by atoms with Gasteiger partial charge in [-0.1, -0.05) is 60.3 Å². The number of rotatable bonds is 9. The molecule has 2 aromatic carbocycles. The number of hydrogen-bond donors (Lipinski definition) is 1. The molecule has 2 atom stereocenters. The monoisotopic (exact) mass is 533 g/mol. The van der Waals surface area contributed by atoms with E-state index in [1.165, 1.54) is 11.8 Å². The highest BCUT2D eigenvalue weighted by atomic mass is 32.2. The molecule has 198 valence electrons. The van der Waals surface area contributed by atoms with Crippen LogP contribution in [0.1, 0.15) is 43.4 Å². The Morgan fingerprint density at radius 3 is 2.68 bits per heavy atom. The van der Waals surface area contributed by atoms with Crippen LogP contribution in [0.25, 0.3) is 5.70 Å². The lowest BCUT2D eigenvalue weighted by Gasteiger charge is -2.37. The fourth-order valence-corrected chi connectivity index (χ4v) is 5.85. The number of amides is 1. The van der Waals surface area contributed by atoms with Crippen molar-refractivity contribution in [1.29, 1.82) is 0 Å². The molecule has 0 bridgehead atoms. The van der Waals surface area contributed by atoms with E-state index in [1.54, 1.807) is 14.0 Å². The number of amidine groups is 1. The van der Waals surface area contributed by atoms with Crippen LogP contribution in [0.15, 0.2) is 76.3 Å². The molecule has 2 aromatic rings. The van der Waals surface area contributed by atoms with Crippen molar-refractivity contribution in [2.45, 2.75) is 38.3 Å². The number of nitrogens with one attached hydrogen (secondary N) is 1. The summed E-state index contributed by atoms with van der Waals surface area (Å²) in [5, 5.41) is 5.63. The highest BCUT2D eigenvalue weighted by Crippen LogP contribution is 2.48. The predicted octanol–water partition coefficient (Wildman–Crippen LogP) is 4.66. The second kappa shape index (κ2) is 11.9. The van der Waals surface area contributed by atoms with Gasteiger partial charge in [-0.05, 0) is 31.2 Å². The Kier molecular flexibility index (Phi) is 8.14. The lowest BCUT2D eigenvalue weighted by Crippen LogP contribution is -2.39. The number of carbonyl (C=O) groups excluding carboxylic acids is 2. The van der Waals surface area contributed by atoms with Crippen molar-refractivity contribution < 1.29 is 23.8 Å². The topological polar surface area (TPSA) is 89.5 Å². The minimum Gasteiger partial charge on any atom is -0.496 e. The molecule has 38 heavy (non-hydrogen) atoms. The number of nitrogens with zero attached hydrogens (tertiary/aromatic N) is 2. The number of methoxy groups -OCH3 is 1. The minimum atomic E-state index is -0.597. The summed E-state index contributed by atoms with van der Waals surface area (Å²) < 4.78 is 16.9. The molecular formula is C29H31N3O5S. The number of fused-ring (bicyclic) bond motifs is 1. The Balaban J connectivity index is 1.55. The molecule has 0 spiro atoms. The Labute approximate surface area is 226 Å². The van der Waals surface area contributed by atoms with Crippen molar-refractivity contribution in [3.63, 3.8) is 0 Å². The average Bonchev–Trinajstić information content (AvgIpc) is 3.62. The van der Waals surface area contributed by atoms with E-state index in [0.29, 0.717) is 28.7 Å². The van der Waals surface area contributed by atoms with Crippen molar-refractivity contribution in [3.05, 3.63) is 82.4 Å². The van der Waals surface area contributed by atoms with Gasteiger partial charge in [0.2, 0.25) is 5.91 Å². The standard InChI is InChI=1S/C29H31N3O5S/c1-3-36-28(34)25-26(19-10-5-4-6-11-19)31-29-32(27(25)22-13-7-8-14-23(22)35-2)20(18-38-29)16-24(33)30-17-21-12-9-15-37-21/h4-8,10-11,13-14,18,21,27H,3,9,12,15-17H2,1-2H3,(H,30,33)/t21-,27-/m1/s1. The lowest BCUT2D eigenvalue weighted by molar-refractivity contribution is -0.139. The second-order valence-corrected chi connectivity index (χ2v) is 9.94. The van der Waals surface area contributed by atoms with E-state index in [-0.39, 0.29) is 25.0 Å². The summed E-state index contributed by atoms with van der Waals surface area (Å²) in [5.41, 5.74) is 3.30. The quantitative estimate of drug-likeness (QED) is 0.469. The van der Waals surface area contributed by atoms with Crippen LogP contribution in [0, 0.1) is 0 Å². The number of thioether (sulfide) groups is 1. The van der Waals surface area contributed by atoms with E-state index in [4.69, 9.17) is 19.2 Å². The molecule has 9 heteroatoms. The van der Waals surface area contributed by atoms with Gasteiger partial charge in [-0.3, -0.25) is 4.79 Å². The van der Waals surface area contributed by atoms with Crippen molar-refractivity contribution in [1.82, 2.24) is 10.2 Å². The number of hydrogen-bond acceptors (Lipinski definition) is 8. The van der Waals surface area contributed by atoms with Gasteiger partial charge in [-0.2, -0.15) is 0 Å². The van der Waals surface area contributed by atoms with Gasteiger partial charge in [0.1, 0.15) is 5.75 Å². The van der Waals surface area contributed by atoms with E-state index < -0.39 is 12.0 Å². The molecule has 1 N–H and O–H groups in total. The van der Waals surface area contributed by atoms with Crippen molar-refractivity contribution in [2.75, 3.05) is 26.9 Å².